The molecule has 1 rings (SSSR count). The van der Waals surface area contributed by atoms with Crippen molar-refractivity contribution >= 4 is 15.9 Å². The van der Waals surface area contributed by atoms with Gasteiger partial charge in [-0.1, -0.05) is 15.9 Å². The van der Waals surface area contributed by atoms with Crippen LogP contribution >= 0.6 is 15.9 Å². The van der Waals surface area contributed by atoms with E-state index in [0.29, 0.717) is 5.33 Å². The molecule has 4 heteroatoms. The van der Waals surface area contributed by atoms with Crippen molar-refractivity contribution in [2.24, 2.45) is 0 Å². The molecule has 0 aromatic carbocycles. The van der Waals surface area contributed by atoms with E-state index in [2.05, 4.69) is 15.9 Å². The Morgan fingerprint density at radius 2 is 2.22 bits per heavy atom. The first-order chi connectivity index (χ1) is 4.25. The van der Waals surface area contributed by atoms with Crippen molar-refractivity contribution in [3.63, 3.8) is 0 Å². The highest BCUT2D eigenvalue weighted by Gasteiger charge is 2.33. The van der Waals surface area contributed by atoms with E-state index in [1.807, 2.05) is 0 Å². The van der Waals surface area contributed by atoms with Crippen LogP contribution in [0.5, 0.6) is 0 Å². The lowest BCUT2D eigenvalue weighted by Crippen LogP contribution is -2.30. The third-order valence-corrected chi connectivity index (χ3v) is 2.05. The Labute approximate surface area is 61.8 Å². The van der Waals surface area contributed by atoms with Crippen molar-refractivity contribution in [3.05, 3.63) is 0 Å². The largest absolute Gasteiger partial charge is 0.388 e. The lowest BCUT2D eigenvalue weighted by molar-refractivity contribution is 0.0342. The monoisotopic (exact) mass is 196 g/mol. The third kappa shape index (κ3) is 1.43. The molecule has 0 aromatic heterocycles. The molecule has 54 valence electrons. The fourth-order valence-electron chi connectivity index (χ4n) is 0.803. The van der Waals surface area contributed by atoms with Gasteiger partial charge >= 0.3 is 0 Å². The summed E-state index contributed by atoms with van der Waals surface area (Å²) >= 11 is 3.15. The van der Waals surface area contributed by atoms with Gasteiger partial charge in [0.15, 0.2) is 0 Å². The molecule has 0 aliphatic carbocycles. The molecule has 0 aromatic rings. The van der Waals surface area contributed by atoms with Gasteiger partial charge in [-0.05, 0) is 0 Å². The summed E-state index contributed by atoms with van der Waals surface area (Å²) < 4.78 is 4.98. The van der Waals surface area contributed by atoms with E-state index < -0.39 is 12.2 Å². The number of alkyl halides is 1. The van der Waals surface area contributed by atoms with Gasteiger partial charge in [-0.15, -0.1) is 0 Å². The third-order valence-electron chi connectivity index (χ3n) is 1.41. The Kier molecular flexibility index (Phi) is 2.46. The minimum atomic E-state index is -0.718. The molecule has 1 aliphatic heterocycles. The molecule has 1 saturated heterocycles. The number of halogens is 1. The number of hydrogen-bond donors (Lipinski definition) is 2. The summed E-state index contributed by atoms with van der Waals surface area (Å²) in [4.78, 5) is 0. The predicted octanol–water partition coefficient (Wildman–Crippen LogP) is -0.498. The zero-order valence-corrected chi connectivity index (χ0v) is 6.41. The molecule has 2 N–H and O–H groups in total. The van der Waals surface area contributed by atoms with Crippen LogP contribution in [0.4, 0.5) is 0 Å². The molecule has 0 saturated carbocycles. The minimum Gasteiger partial charge on any atom is -0.388 e. The van der Waals surface area contributed by atoms with Crippen LogP contribution in [0.1, 0.15) is 0 Å². The highest BCUT2D eigenvalue weighted by molar-refractivity contribution is 9.09. The Hall–Kier alpha value is 0.360. The molecule has 3 nitrogen and oxygen atoms in total. The van der Waals surface area contributed by atoms with Crippen molar-refractivity contribution in [3.8, 4) is 0 Å². The van der Waals surface area contributed by atoms with Gasteiger partial charge in [0.25, 0.3) is 0 Å². The first-order valence-electron chi connectivity index (χ1n) is 2.79. The van der Waals surface area contributed by atoms with Crippen LogP contribution in [0.3, 0.4) is 0 Å². The molecule has 1 aliphatic rings. The van der Waals surface area contributed by atoms with Gasteiger partial charge < -0.3 is 14.9 Å². The molecule has 0 spiro atoms. The number of aliphatic hydroxyl groups excluding tert-OH is 2. The fourth-order valence-corrected chi connectivity index (χ4v) is 1.37. The van der Waals surface area contributed by atoms with Crippen LogP contribution in [0, 0.1) is 0 Å². The normalized spacial score (nSPS) is 43.7. The quantitative estimate of drug-likeness (QED) is 0.557. The van der Waals surface area contributed by atoms with E-state index in [1.54, 1.807) is 0 Å². The predicted molar refractivity (Wildman–Crippen MR) is 35.5 cm³/mol. The topological polar surface area (TPSA) is 49.7 Å². The van der Waals surface area contributed by atoms with Crippen LogP contribution < -0.4 is 0 Å². The summed E-state index contributed by atoms with van der Waals surface area (Å²) in [5, 5.41) is 18.5. The lowest BCUT2D eigenvalue weighted by atomic mass is 10.2. The maximum Gasteiger partial charge on any atom is 0.109 e. The van der Waals surface area contributed by atoms with Gasteiger partial charge in [-0.2, -0.15) is 0 Å². The molecule has 0 amide bonds. The molecule has 0 radical (unpaired) electrons. The van der Waals surface area contributed by atoms with E-state index in [9.17, 15) is 0 Å². The molecular weight excluding hydrogens is 188 g/mol. The molecule has 3 atom stereocenters. The van der Waals surface area contributed by atoms with E-state index in [4.69, 9.17) is 14.9 Å². The van der Waals surface area contributed by atoms with Gasteiger partial charge in [-0.25, -0.2) is 0 Å². The second kappa shape index (κ2) is 2.96. The zero-order valence-electron chi connectivity index (χ0n) is 4.83. The van der Waals surface area contributed by atoms with Crippen molar-refractivity contribution in [1.29, 1.82) is 0 Å². The number of ether oxygens (including phenoxy) is 1. The number of rotatable bonds is 1. The first-order valence-corrected chi connectivity index (χ1v) is 3.91. The number of hydrogen-bond acceptors (Lipinski definition) is 3. The Balaban J connectivity index is 2.41. The summed E-state index contributed by atoms with van der Waals surface area (Å²) in [6.07, 6.45) is -1.66. The standard InChI is InChI=1S/C5H9BrO3/c6-1-4-5(8)3(7)2-9-4/h3-5,7-8H,1-2H2/t3-,4+,5-/m0/s1. The second-order valence-electron chi connectivity index (χ2n) is 2.08. The van der Waals surface area contributed by atoms with Crippen LogP contribution in [0.2, 0.25) is 0 Å². The molecular formula is C5H9BrO3. The minimum absolute atomic E-state index is 0.236. The fraction of sp³-hybridized carbons (Fsp3) is 1.00. The summed E-state index contributed by atoms with van der Waals surface area (Å²) in [6.45, 7) is 0.247. The highest BCUT2D eigenvalue weighted by atomic mass is 79.9. The van der Waals surface area contributed by atoms with E-state index >= 15 is 0 Å². The average molecular weight is 197 g/mol. The van der Waals surface area contributed by atoms with Crippen LogP contribution in [0.25, 0.3) is 0 Å². The molecule has 1 fully saturated rings. The van der Waals surface area contributed by atoms with Crippen LogP contribution in [-0.4, -0.2) is 40.5 Å². The Bertz CT molecular complexity index is 98.2. The SMILES string of the molecule is O[C@H]1[C@@H](O)CO[C@@H]1CBr. The maximum absolute atomic E-state index is 9.05. The summed E-state index contributed by atoms with van der Waals surface area (Å²) in [7, 11) is 0. The van der Waals surface area contributed by atoms with E-state index in [1.165, 1.54) is 0 Å². The van der Waals surface area contributed by atoms with Crippen molar-refractivity contribution in [1.82, 2.24) is 0 Å². The smallest absolute Gasteiger partial charge is 0.109 e. The molecule has 9 heavy (non-hydrogen) atoms. The molecule has 0 bridgehead atoms. The van der Waals surface area contributed by atoms with Crippen LogP contribution in [0.15, 0.2) is 0 Å². The van der Waals surface area contributed by atoms with E-state index in [0.717, 1.165) is 0 Å². The molecule has 0 unspecified atom stereocenters. The molecule has 1 heterocycles. The maximum atomic E-state index is 9.05. The Morgan fingerprint density at radius 3 is 2.44 bits per heavy atom. The van der Waals surface area contributed by atoms with Crippen molar-refractivity contribution in [2.45, 2.75) is 18.3 Å². The van der Waals surface area contributed by atoms with Gasteiger partial charge in [-0.3, -0.25) is 0 Å². The van der Waals surface area contributed by atoms with Gasteiger partial charge in [0.2, 0.25) is 0 Å². The van der Waals surface area contributed by atoms with Crippen molar-refractivity contribution < 1.29 is 14.9 Å². The van der Waals surface area contributed by atoms with Crippen LogP contribution in [-0.2, 0) is 4.74 Å². The summed E-state index contributed by atoms with van der Waals surface area (Å²) in [5.74, 6) is 0. The number of aliphatic hydroxyl groups is 2. The zero-order chi connectivity index (χ0) is 6.85. The highest BCUT2D eigenvalue weighted by Crippen LogP contribution is 2.15. The van der Waals surface area contributed by atoms with Crippen molar-refractivity contribution in [2.75, 3.05) is 11.9 Å². The van der Waals surface area contributed by atoms with E-state index in [-0.39, 0.29) is 12.7 Å². The first kappa shape index (κ1) is 7.47. The van der Waals surface area contributed by atoms with Gasteiger partial charge in [0.05, 0.1) is 12.7 Å². The van der Waals surface area contributed by atoms with Gasteiger partial charge in [0.1, 0.15) is 12.2 Å². The lowest BCUT2D eigenvalue weighted by Gasteiger charge is -2.10. The summed E-state index contributed by atoms with van der Waals surface area (Å²) in [5.41, 5.74) is 0. The summed E-state index contributed by atoms with van der Waals surface area (Å²) in [6, 6.07) is 0. The van der Waals surface area contributed by atoms with Gasteiger partial charge in [0, 0.05) is 5.33 Å². The second-order valence-corrected chi connectivity index (χ2v) is 2.73. The Morgan fingerprint density at radius 1 is 1.56 bits per heavy atom. The average Bonchev–Trinajstić information content (AvgIpc) is 2.15.